The summed E-state index contributed by atoms with van der Waals surface area (Å²) in [6, 6.07) is 0. The minimum atomic E-state index is -0.0330. The zero-order chi connectivity index (χ0) is 9.84. The number of amides is 1. The third-order valence-corrected chi connectivity index (χ3v) is 2.19. The average Bonchev–Trinajstić information content (AvgIpc) is 2.11. The molecule has 0 saturated heterocycles. The summed E-state index contributed by atoms with van der Waals surface area (Å²) in [6.07, 6.45) is 4.35. The summed E-state index contributed by atoms with van der Waals surface area (Å²) in [4.78, 5) is 13.5. The van der Waals surface area contributed by atoms with E-state index in [9.17, 15) is 4.79 Å². The number of nitrogens with zero attached hydrogens (tertiary/aromatic N) is 1. The third-order valence-electron chi connectivity index (χ3n) is 1.75. The fourth-order valence-electron chi connectivity index (χ4n) is 0.892. The second kappa shape index (κ2) is 4.37. The Kier molecular flexibility index (Phi) is 3.42. The van der Waals surface area contributed by atoms with Crippen molar-refractivity contribution < 1.29 is 9.53 Å². The normalized spacial score (nSPS) is 18.4. The van der Waals surface area contributed by atoms with E-state index in [1.54, 1.807) is 13.2 Å². The van der Waals surface area contributed by atoms with Gasteiger partial charge in [0, 0.05) is 13.2 Å². The standard InChI is InChI=1S/C9H13NO2S/c1-3-8(13)4-7-5-10(2)9(11)6-12-7/h4-5,13H,3,6H2,1-2H3/b8-4-. The highest BCUT2D eigenvalue weighted by Crippen LogP contribution is 2.14. The molecule has 0 aliphatic carbocycles. The second-order valence-corrected chi connectivity index (χ2v) is 3.39. The van der Waals surface area contributed by atoms with Gasteiger partial charge in [0.25, 0.3) is 5.91 Å². The van der Waals surface area contributed by atoms with E-state index in [0.29, 0.717) is 5.76 Å². The molecule has 13 heavy (non-hydrogen) atoms. The maximum absolute atomic E-state index is 11.0. The highest BCUT2D eigenvalue weighted by molar-refractivity contribution is 7.84. The van der Waals surface area contributed by atoms with Gasteiger partial charge in [-0.05, 0) is 17.4 Å². The lowest BCUT2D eigenvalue weighted by Gasteiger charge is -2.20. The Labute approximate surface area is 83.5 Å². The molecule has 4 heteroatoms. The van der Waals surface area contributed by atoms with Gasteiger partial charge >= 0.3 is 0 Å². The zero-order valence-electron chi connectivity index (χ0n) is 7.78. The molecule has 0 aromatic rings. The van der Waals surface area contributed by atoms with Crippen LogP contribution in [0.4, 0.5) is 0 Å². The Balaban J connectivity index is 2.72. The van der Waals surface area contributed by atoms with Crippen LogP contribution < -0.4 is 0 Å². The average molecular weight is 199 g/mol. The molecule has 0 spiro atoms. The second-order valence-electron chi connectivity index (χ2n) is 2.81. The lowest BCUT2D eigenvalue weighted by atomic mass is 10.3. The molecule has 0 radical (unpaired) electrons. The molecule has 1 aliphatic heterocycles. The van der Waals surface area contributed by atoms with Crippen molar-refractivity contribution in [1.82, 2.24) is 4.90 Å². The van der Waals surface area contributed by atoms with Gasteiger partial charge in [-0.2, -0.15) is 0 Å². The number of rotatable bonds is 2. The van der Waals surface area contributed by atoms with Gasteiger partial charge in [0.15, 0.2) is 6.61 Å². The molecular weight excluding hydrogens is 186 g/mol. The van der Waals surface area contributed by atoms with Crippen LogP contribution in [0.5, 0.6) is 0 Å². The van der Waals surface area contributed by atoms with Crippen LogP contribution in [0.25, 0.3) is 0 Å². The molecule has 1 amide bonds. The Morgan fingerprint density at radius 3 is 3.08 bits per heavy atom. The summed E-state index contributed by atoms with van der Waals surface area (Å²) in [6.45, 7) is 2.13. The number of ether oxygens (including phenoxy) is 1. The first kappa shape index (κ1) is 10.2. The van der Waals surface area contributed by atoms with Crippen molar-refractivity contribution in [1.29, 1.82) is 0 Å². The van der Waals surface area contributed by atoms with Crippen LogP contribution in [0.1, 0.15) is 13.3 Å². The quantitative estimate of drug-likeness (QED) is 0.684. The van der Waals surface area contributed by atoms with E-state index in [1.807, 2.05) is 13.0 Å². The number of carbonyl (C=O) groups is 1. The maximum Gasteiger partial charge on any atom is 0.264 e. The molecule has 1 aliphatic rings. The van der Waals surface area contributed by atoms with Crippen LogP contribution in [0.15, 0.2) is 22.9 Å². The number of thiol groups is 1. The lowest BCUT2D eigenvalue weighted by molar-refractivity contribution is -0.132. The van der Waals surface area contributed by atoms with Crippen LogP contribution >= 0.6 is 12.6 Å². The van der Waals surface area contributed by atoms with Crippen LogP contribution in [0.3, 0.4) is 0 Å². The fourth-order valence-corrected chi connectivity index (χ4v) is 1.02. The highest BCUT2D eigenvalue weighted by Gasteiger charge is 2.14. The summed E-state index contributed by atoms with van der Waals surface area (Å²) in [5.74, 6) is 0.656. The summed E-state index contributed by atoms with van der Waals surface area (Å²) in [5, 5.41) is 0. The zero-order valence-corrected chi connectivity index (χ0v) is 8.67. The van der Waals surface area contributed by atoms with Gasteiger partial charge < -0.3 is 9.64 Å². The molecule has 0 bridgehead atoms. The molecule has 0 saturated carbocycles. The van der Waals surface area contributed by atoms with E-state index in [-0.39, 0.29) is 12.5 Å². The number of hydrogen-bond acceptors (Lipinski definition) is 3. The SMILES string of the molecule is CC/C(S)=C/C1=CN(C)C(=O)CO1. The first-order valence-electron chi connectivity index (χ1n) is 4.13. The Morgan fingerprint density at radius 1 is 1.85 bits per heavy atom. The molecule has 0 N–H and O–H groups in total. The van der Waals surface area contributed by atoms with Crippen molar-refractivity contribution in [2.45, 2.75) is 13.3 Å². The Bertz CT molecular complexity index is 271. The minimum absolute atomic E-state index is 0.0330. The molecule has 0 aromatic heterocycles. The molecule has 1 rings (SSSR count). The van der Waals surface area contributed by atoms with Crippen molar-refractivity contribution in [2.24, 2.45) is 0 Å². The minimum Gasteiger partial charge on any atom is -0.482 e. The van der Waals surface area contributed by atoms with Crippen LogP contribution in [0.2, 0.25) is 0 Å². The van der Waals surface area contributed by atoms with Crippen molar-refractivity contribution in [3.05, 3.63) is 22.9 Å². The summed E-state index contributed by atoms with van der Waals surface area (Å²) >= 11 is 4.23. The van der Waals surface area contributed by atoms with E-state index in [1.165, 1.54) is 4.90 Å². The van der Waals surface area contributed by atoms with E-state index >= 15 is 0 Å². The largest absolute Gasteiger partial charge is 0.482 e. The molecule has 3 nitrogen and oxygen atoms in total. The molecule has 1 heterocycles. The highest BCUT2D eigenvalue weighted by atomic mass is 32.1. The van der Waals surface area contributed by atoms with Crippen LogP contribution in [0, 0.1) is 0 Å². The van der Waals surface area contributed by atoms with Crippen LogP contribution in [-0.4, -0.2) is 24.5 Å². The molecule has 0 unspecified atom stereocenters. The molecule has 0 fully saturated rings. The Hall–Kier alpha value is -0.900. The van der Waals surface area contributed by atoms with Crippen molar-refractivity contribution in [3.63, 3.8) is 0 Å². The van der Waals surface area contributed by atoms with Gasteiger partial charge in [-0.25, -0.2) is 0 Å². The summed E-state index contributed by atoms with van der Waals surface area (Å²) in [5.41, 5.74) is 0. The number of likely N-dealkylation sites (N-methyl/N-ethyl adjacent to an activating group) is 1. The molecule has 72 valence electrons. The summed E-state index contributed by atoms with van der Waals surface area (Å²) < 4.78 is 5.18. The van der Waals surface area contributed by atoms with E-state index in [2.05, 4.69) is 12.6 Å². The molecular formula is C9H13NO2S. The van der Waals surface area contributed by atoms with Crippen molar-refractivity contribution >= 4 is 18.5 Å². The first-order valence-corrected chi connectivity index (χ1v) is 4.58. The van der Waals surface area contributed by atoms with E-state index in [0.717, 1.165) is 11.3 Å². The predicted octanol–water partition coefficient (Wildman–Crippen LogP) is 1.54. The lowest BCUT2D eigenvalue weighted by Crippen LogP contribution is -2.29. The van der Waals surface area contributed by atoms with E-state index in [4.69, 9.17) is 4.74 Å². The van der Waals surface area contributed by atoms with Gasteiger partial charge in [0.2, 0.25) is 0 Å². The van der Waals surface area contributed by atoms with Crippen molar-refractivity contribution in [2.75, 3.05) is 13.7 Å². The monoisotopic (exact) mass is 199 g/mol. The van der Waals surface area contributed by atoms with E-state index < -0.39 is 0 Å². The topological polar surface area (TPSA) is 29.5 Å². The predicted molar refractivity (Wildman–Crippen MR) is 54.2 cm³/mol. The van der Waals surface area contributed by atoms with Gasteiger partial charge in [0.1, 0.15) is 5.76 Å². The number of carbonyl (C=O) groups excluding carboxylic acids is 1. The van der Waals surface area contributed by atoms with Gasteiger partial charge in [-0.3, -0.25) is 4.79 Å². The molecule has 0 atom stereocenters. The first-order chi connectivity index (χ1) is 6.13. The van der Waals surface area contributed by atoms with Gasteiger partial charge in [0.05, 0.1) is 0 Å². The smallest absolute Gasteiger partial charge is 0.264 e. The fraction of sp³-hybridized carbons (Fsp3) is 0.444. The third kappa shape index (κ3) is 2.81. The maximum atomic E-state index is 11.0. The Morgan fingerprint density at radius 2 is 2.54 bits per heavy atom. The van der Waals surface area contributed by atoms with Gasteiger partial charge in [-0.1, -0.05) is 6.92 Å². The van der Waals surface area contributed by atoms with Crippen molar-refractivity contribution in [3.8, 4) is 0 Å². The number of allylic oxidation sites excluding steroid dienone is 2. The van der Waals surface area contributed by atoms with Gasteiger partial charge in [-0.15, -0.1) is 12.6 Å². The van der Waals surface area contributed by atoms with Crippen LogP contribution in [-0.2, 0) is 9.53 Å². The number of hydrogen-bond donors (Lipinski definition) is 1. The molecule has 0 aromatic carbocycles. The summed E-state index contributed by atoms with van der Waals surface area (Å²) in [7, 11) is 1.71.